The van der Waals surface area contributed by atoms with Crippen LogP contribution in [0.2, 0.25) is 20.1 Å². The Morgan fingerprint density at radius 1 is 0.792 bits per heavy atom. The van der Waals surface area contributed by atoms with Crippen molar-refractivity contribution in [2.75, 3.05) is 0 Å². The molecule has 9 heteroatoms. The number of halogens is 4. The Balaban J connectivity index is 0.000000198. The molecule has 0 bridgehead atoms. The number of cyclic esters (lactones) is 2. The van der Waals surface area contributed by atoms with Gasteiger partial charge in [0, 0.05) is 0 Å². The van der Waals surface area contributed by atoms with Gasteiger partial charge in [0.15, 0.2) is 0 Å². The van der Waals surface area contributed by atoms with Gasteiger partial charge in [-0.25, -0.2) is 14.4 Å². The zero-order valence-electron chi connectivity index (χ0n) is 11.5. The molecule has 0 radical (unpaired) electrons. The van der Waals surface area contributed by atoms with Gasteiger partial charge in [-0.3, -0.25) is 0 Å². The zero-order valence-corrected chi connectivity index (χ0v) is 14.5. The summed E-state index contributed by atoms with van der Waals surface area (Å²) in [5, 5.41) is 7.98. The second-order valence-corrected chi connectivity index (χ2v) is 5.87. The molecule has 1 aliphatic rings. The van der Waals surface area contributed by atoms with E-state index in [2.05, 4.69) is 4.74 Å². The van der Waals surface area contributed by atoms with E-state index >= 15 is 0 Å². The van der Waals surface area contributed by atoms with Crippen LogP contribution in [0.3, 0.4) is 0 Å². The number of benzene rings is 2. The van der Waals surface area contributed by atoms with Crippen molar-refractivity contribution in [3.63, 3.8) is 0 Å². The molecule has 0 unspecified atom stereocenters. The second-order valence-electron chi connectivity index (χ2n) is 4.35. The van der Waals surface area contributed by atoms with Crippen molar-refractivity contribution in [1.82, 2.24) is 0 Å². The lowest BCUT2D eigenvalue weighted by Crippen LogP contribution is -1.97. The van der Waals surface area contributed by atoms with Gasteiger partial charge in [-0.15, -0.1) is 0 Å². The third-order valence-corrected chi connectivity index (χ3v) is 4.68. The minimum atomic E-state index is -0.879. The molecule has 2 aromatic rings. The number of carbonyl (C=O) groups is 3. The molecule has 3 rings (SSSR count). The van der Waals surface area contributed by atoms with Gasteiger partial charge in [-0.2, -0.15) is 0 Å². The third kappa shape index (κ3) is 3.49. The van der Waals surface area contributed by atoms with Gasteiger partial charge in [0.05, 0.1) is 36.8 Å². The average Bonchev–Trinajstić information content (AvgIpc) is 2.86. The normalized spacial score (nSPS) is 12.2. The van der Waals surface area contributed by atoms with Crippen LogP contribution >= 0.6 is 46.4 Å². The molecule has 0 atom stereocenters. The van der Waals surface area contributed by atoms with Gasteiger partial charge in [0.25, 0.3) is 0 Å². The Labute approximate surface area is 155 Å². The van der Waals surface area contributed by atoms with E-state index < -0.39 is 17.9 Å². The first-order chi connectivity index (χ1) is 11.3. The predicted octanol–water partition coefficient (Wildman–Crippen LogP) is 5.00. The molecule has 0 amide bonds. The van der Waals surface area contributed by atoms with Gasteiger partial charge in [0.2, 0.25) is 0 Å². The lowest BCUT2D eigenvalue weighted by Gasteiger charge is -2.04. The fourth-order valence-corrected chi connectivity index (χ4v) is 2.79. The van der Waals surface area contributed by atoms with Crippen LogP contribution in [0.5, 0.6) is 0 Å². The van der Waals surface area contributed by atoms with Crippen molar-refractivity contribution in [2.24, 2.45) is 0 Å². The minimum Gasteiger partial charge on any atom is -0.478 e. The zero-order chi connectivity index (χ0) is 18.0. The van der Waals surface area contributed by atoms with Crippen molar-refractivity contribution in [3.8, 4) is 0 Å². The summed E-state index contributed by atoms with van der Waals surface area (Å²) in [4.78, 5) is 32.7. The van der Waals surface area contributed by atoms with E-state index in [1.54, 1.807) is 30.3 Å². The fourth-order valence-electron chi connectivity index (χ4n) is 1.78. The van der Waals surface area contributed by atoms with Crippen molar-refractivity contribution < 1.29 is 24.2 Å². The Kier molecular flexibility index (Phi) is 5.72. The molecule has 1 heterocycles. The Morgan fingerprint density at radius 3 is 1.54 bits per heavy atom. The Hall–Kier alpha value is -1.79. The van der Waals surface area contributed by atoms with Gasteiger partial charge < -0.3 is 9.84 Å². The maximum Gasteiger partial charge on any atom is 0.348 e. The minimum absolute atomic E-state index is 0.0752. The van der Waals surface area contributed by atoms with E-state index in [4.69, 9.17) is 51.5 Å². The Bertz CT molecular complexity index is 804. The van der Waals surface area contributed by atoms with E-state index in [0.717, 1.165) is 0 Å². The van der Waals surface area contributed by atoms with Crippen molar-refractivity contribution >= 4 is 64.3 Å². The van der Waals surface area contributed by atoms with Crippen molar-refractivity contribution in [2.45, 2.75) is 0 Å². The first-order valence-corrected chi connectivity index (χ1v) is 7.67. The van der Waals surface area contributed by atoms with E-state index in [0.29, 0.717) is 5.56 Å². The number of hydrogen-bond acceptors (Lipinski definition) is 4. The van der Waals surface area contributed by atoms with Gasteiger partial charge in [0.1, 0.15) is 0 Å². The summed E-state index contributed by atoms with van der Waals surface area (Å²) in [6, 6.07) is 8.30. The molecule has 1 N–H and O–H groups in total. The molecular formula is C15H6Cl4O5. The highest BCUT2D eigenvalue weighted by Gasteiger charge is 2.37. The van der Waals surface area contributed by atoms with Crippen LogP contribution in [0.4, 0.5) is 0 Å². The molecule has 5 nitrogen and oxygen atoms in total. The largest absolute Gasteiger partial charge is 0.478 e. The summed E-state index contributed by atoms with van der Waals surface area (Å²) in [5.41, 5.74) is 0.0552. The lowest BCUT2D eigenvalue weighted by atomic mass is 10.1. The molecule has 24 heavy (non-hydrogen) atoms. The maximum absolute atomic E-state index is 11.2. The molecule has 0 aromatic heterocycles. The van der Waals surface area contributed by atoms with E-state index in [-0.39, 0.29) is 31.2 Å². The summed E-state index contributed by atoms with van der Waals surface area (Å²) in [6.07, 6.45) is 0. The first-order valence-electron chi connectivity index (χ1n) is 6.16. The van der Waals surface area contributed by atoms with E-state index in [9.17, 15) is 14.4 Å². The molecular weight excluding hydrogens is 402 g/mol. The summed E-state index contributed by atoms with van der Waals surface area (Å²) >= 11 is 22.9. The van der Waals surface area contributed by atoms with E-state index in [1.165, 1.54) is 0 Å². The van der Waals surface area contributed by atoms with Crippen LogP contribution < -0.4 is 0 Å². The molecule has 0 saturated carbocycles. The van der Waals surface area contributed by atoms with Crippen molar-refractivity contribution in [3.05, 3.63) is 67.1 Å². The number of esters is 2. The highest BCUT2D eigenvalue weighted by atomic mass is 35.5. The number of aromatic carboxylic acids is 1. The van der Waals surface area contributed by atoms with Crippen molar-refractivity contribution in [1.29, 1.82) is 0 Å². The Morgan fingerprint density at radius 2 is 1.21 bits per heavy atom. The number of fused-ring (bicyclic) bond motifs is 1. The maximum atomic E-state index is 11.2. The molecule has 0 saturated heterocycles. The summed E-state index contributed by atoms with van der Waals surface area (Å²) in [6.45, 7) is 0. The van der Waals surface area contributed by atoms with Gasteiger partial charge >= 0.3 is 17.9 Å². The molecule has 0 fully saturated rings. The van der Waals surface area contributed by atoms with Crippen LogP contribution in [0.1, 0.15) is 31.1 Å². The summed E-state index contributed by atoms with van der Waals surface area (Å²) < 4.78 is 4.34. The number of hydrogen-bond donors (Lipinski definition) is 1. The fraction of sp³-hybridized carbons (Fsp3) is 0. The first kappa shape index (κ1) is 18.5. The average molecular weight is 408 g/mol. The number of carbonyl (C=O) groups excluding carboxylic acids is 2. The highest BCUT2D eigenvalue weighted by Crippen LogP contribution is 2.43. The summed E-state index contributed by atoms with van der Waals surface area (Å²) in [7, 11) is 0. The van der Waals surface area contributed by atoms with Gasteiger partial charge in [-0.05, 0) is 12.1 Å². The topological polar surface area (TPSA) is 80.7 Å². The van der Waals surface area contributed by atoms with Crippen LogP contribution in [0.15, 0.2) is 30.3 Å². The number of ether oxygens (including phenoxy) is 1. The smallest absolute Gasteiger partial charge is 0.348 e. The quantitative estimate of drug-likeness (QED) is 0.311. The second kappa shape index (κ2) is 7.40. The lowest BCUT2D eigenvalue weighted by molar-refractivity contribution is 0.0443. The number of carboxylic acids is 1. The highest BCUT2D eigenvalue weighted by molar-refractivity contribution is 6.54. The molecule has 0 spiro atoms. The van der Waals surface area contributed by atoms with Crippen LogP contribution in [0, 0.1) is 0 Å². The molecule has 0 aliphatic carbocycles. The predicted molar refractivity (Wildman–Crippen MR) is 89.6 cm³/mol. The summed E-state index contributed by atoms with van der Waals surface area (Å²) in [5.74, 6) is -2.63. The van der Waals surface area contributed by atoms with Gasteiger partial charge in [-0.1, -0.05) is 64.6 Å². The van der Waals surface area contributed by atoms with Crippen LogP contribution in [0.25, 0.3) is 0 Å². The number of rotatable bonds is 1. The van der Waals surface area contributed by atoms with E-state index in [1.807, 2.05) is 0 Å². The monoisotopic (exact) mass is 406 g/mol. The molecule has 124 valence electrons. The third-order valence-electron chi connectivity index (χ3n) is 2.88. The SMILES string of the molecule is O=C(O)c1ccccc1.O=C1OC(=O)c2c(Cl)c(Cl)c(Cl)c(Cl)c21. The van der Waals surface area contributed by atoms with Crippen LogP contribution in [-0.2, 0) is 4.74 Å². The standard InChI is InChI=1S/C8Cl4O3.C7H6O2/c9-3-1-2(8(14)15-7(1)13)4(10)6(12)5(3)11;8-7(9)6-4-2-1-3-5-6/h;1-5H,(H,8,9). The molecule has 1 aliphatic heterocycles. The van der Waals surface area contributed by atoms with Crippen LogP contribution in [-0.4, -0.2) is 23.0 Å². The molecule has 2 aromatic carbocycles. The number of carboxylic acid groups (broad SMARTS) is 1.